The van der Waals surface area contributed by atoms with Gasteiger partial charge in [0, 0.05) is 9.92 Å². The van der Waals surface area contributed by atoms with E-state index < -0.39 is 0 Å². The van der Waals surface area contributed by atoms with E-state index in [1.807, 2.05) is 25.1 Å². The highest BCUT2D eigenvalue weighted by molar-refractivity contribution is 7.99. The molecule has 3 aromatic rings. The monoisotopic (exact) mass is 375 g/mol. The molecule has 0 atom stereocenters. The van der Waals surface area contributed by atoms with Gasteiger partial charge < -0.3 is 4.74 Å². The van der Waals surface area contributed by atoms with Gasteiger partial charge in [0.25, 0.3) is 5.56 Å². The Hall–Kier alpha value is -2.18. The molecule has 0 saturated heterocycles. The molecule has 1 heterocycles. The molecule has 0 spiro atoms. The van der Waals surface area contributed by atoms with Crippen LogP contribution in [0.15, 0.2) is 52.4 Å². The number of ether oxygens (including phenoxy) is 1. The van der Waals surface area contributed by atoms with Gasteiger partial charge in [-0.1, -0.05) is 18.5 Å². The highest BCUT2D eigenvalue weighted by Crippen LogP contribution is 2.29. The van der Waals surface area contributed by atoms with Gasteiger partial charge in [-0.25, -0.2) is 9.66 Å². The van der Waals surface area contributed by atoms with Crippen LogP contribution in [0.3, 0.4) is 0 Å². The molecule has 1 aromatic heterocycles. The predicted octanol–water partition coefficient (Wildman–Crippen LogP) is 4.44. The first-order chi connectivity index (χ1) is 12.1. The lowest BCUT2D eigenvalue weighted by molar-refractivity contribution is 0.340. The Morgan fingerprint density at radius 1 is 1.24 bits per heavy atom. The molecule has 7 heteroatoms. The van der Waals surface area contributed by atoms with Crippen molar-refractivity contribution in [1.29, 1.82) is 0 Å². The van der Waals surface area contributed by atoms with Gasteiger partial charge in [-0.3, -0.25) is 10.2 Å². The topological polar surface area (TPSA) is 56.1 Å². The number of fused-ring (bicyclic) bond motifs is 1. The summed E-state index contributed by atoms with van der Waals surface area (Å²) in [6.07, 6.45) is 1.48. The molecule has 0 saturated carbocycles. The van der Waals surface area contributed by atoms with Crippen molar-refractivity contribution in [2.75, 3.05) is 17.8 Å². The van der Waals surface area contributed by atoms with Crippen LogP contribution in [-0.2, 0) is 0 Å². The van der Waals surface area contributed by atoms with E-state index in [0.29, 0.717) is 28.3 Å². The third kappa shape index (κ3) is 3.91. The minimum atomic E-state index is -0.195. The highest BCUT2D eigenvalue weighted by Gasteiger charge is 2.09. The summed E-state index contributed by atoms with van der Waals surface area (Å²) in [5.41, 5.74) is 4.30. The fourth-order valence-corrected chi connectivity index (χ4v) is 3.35. The normalized spacial score (nSPS) is 10.8. The molecule has 25 heavy (non-hydrogen) atoms. The van der Waals surface area contributed by atoms with Crippen LogP contribution in [0, 0.1) is 0 Å². The molecule has 0 fully saturated rings. The number of halogens is 1. The van der Waals surface area contributed by atoms with Crippen LogP contribution in [0.5, 0.6) is 5.75 Å². The fraction of sp³-hybridized carbons (Fsp3) is 0.222. The first-order valence-electron chi connectivity index (χ1n) is 7.96. The maximum atomic E-state index is 12.8. The number of nitrogens with one attached hydrogen (secondary N) is 1. The Morgan fingerprint density at radius 2 is 2.08 bits per heavy atom. The van der Waals surface area contributed by atoms with E-state index in [9.17, 15) is 4.79 Å². The number of benzene rings is 2. The summed E-state index contributed by atoms with van der Waals surface area (Å²) >= 11 is 7.78. The summed E-state index contributed by atoms with van der Waals surface area (Å²) in [5.74, 6) is 1.57. The lowest BCUT2D eigenvalue weighted by Crippen LogP contribution is -2.26. The zero-order valence-corrected chi connectivity index (χ0v) is 15.5. The predicted molar refractivity (Wildman–Crippen MR) is 104 cm³/mol. The van der Waals surface area contributed by atoms with Crippen molar-refractivity contribution in [2.45, 2.75) is 18.7 Å². The number of hydrogen-bond donors (Lipinski definition) is 1. The van der Waals surface area contributed by atoms with Crippen molar-refractivity contribution in [3.05, 3.63) is 58.1 Å². The van der Waals surface area contributed by atoms with Crippen LogP contribution in [0.1, 0.15) is 13.8 Å². The van der Waals surface area contributed by atoms with E-state index in [1.54, 1.807) is 30.0 Å². The fourth-order valence-electron chi connectivity index (χ4n) is 2.44. The Kier molecular flexibility index (Phi) is 5.50. The summed E-state index contributed by atoms with van der Waals surface area (Å²) in [7, 11) is 0. The van der Waals surface area contributed by atoms with E-state index in [2.05, 4.69) is 17.3 Å². The Labute approximate surface area is 155 Å². The molecule has 3 rings (SSSR count). The minimum Gasteiger partial charge on any atom is -0.494 e. The summed E-state index contributed by atoms with van der Waals surface area (Å²) in [6, 6.07) is 10.9. The standard InChI is InChI=1S/C18H18ClN3O2S/c1-3-24-13-6-7-15-14(10-13)18(23)22(11-20-15)21-16-9-12(19)5-8-17(16)25-4-2/h5-11,21H,3-4H2,1-2H3. The van der Waals surface area contributed by atoms with Crippen molar-refractivity contribution in [3.63, 3.8) is 0 Å². The van der Waals surface area contributed by atoms with E-state index in [4.69, 9.17) is 16.3 Å². The molecule has 0 unspecified atom stereocenters. The second-order valence-electron chi connectivity index (χ2n) is 5.22. The molecule has 0 aliphatic rings. The minimum absolute atomic E-state index is 0.195. The van der Waals surface area contributed by atoms with Gasteiger partial charge in [0.1, 0.15) is 12.1 Å². The third-order valence-electron chi connectivity index (χ3n) is 3.52. The third-order valence-corrected chi connectivity index (χ3v) is 4.71. The van der Waals surface area contributed by atoms with Crippen molar-refractivity contribution in [2.24, 2.45) is 0 Å². The summed E-state index contributed by atoms with van der Waals surface area (Å²) in [6.45, 7) is 4.51. The van der Waals surface area contributed by atoms with Crippen molar-refractivity contribution >= 4 is 40.0 Å². The number of nitrogens with zero attached hydrogens (tertiary/aromatic N) is 2. The molecule has 0 aliphatic carbocycles. The number of anilines is 1. The number of hydrogen-bond acceptors (Lipinski definition) is 5. The van der Waals surface area contributed by atoms with Gasteiger partial charge >= 0.3 is 0 Å². The molecule has 0 amide bonds. The summed E-state index contributed by atoms with van der Waals surface area (Å²) < 4.78 is 6.84. The van der Waals surface area contributed by atoms with Crippen molar-refractivity contribution < 1.29 is 4.74 Å². The van der Waals surface area contributed by atoms with Crippen LogP contribution in [0.2, 0.25) is 5.02 Å². The first kappa shape index (κ1) is 17.6. The smallest absolute Gasteiger partial charge is 0.280 e. The highest BCUT2D eigenvalue weighted by atomic mass is 35.5. The van der Waals surface area contributed by atoms with E-state index in [-0.39, 0.29) is 5.56 Å². The van der Waals surface area contributed by atoms with Gasteiger partial charge in [0.05, 0.1) is 23.2 Å². The SMILES string of the molecule is CCOc1ccc2ncn(Nc3cc(Cl)ccc3SCC)c(=O)c2c1. The number of rotatable bonds is 6. The molecule has 0 aliphatic heterocycles. The maximum absolute atomic E-state index is 12.8. The van der Waals surface area contributed by atoms with Gasteiger partial charge in [0.2, 0.25) is 0 Å². The van der Waals surface area contributed by atoms with Crippen LogP contribution in [0.4, 0.5) is 5.69 Å². The molecule has 5 nitrogen and oxygen atoms in total. The Morgan fingerprint density at radius 3 is 2.84 bits per heavy atom. The van der Waals surface area contributed by atoms with Gasteiger partial charge in [-0.15, -0.1) is 11.8 Å². The van der Waals surface area contributed by atoms with Crippen LogP contribution >= 0.6 is 23.4 Å². The summed E-state index contributed by atoms with van der Waals surface area (Å²) in [4.78, 5) is 18.2. The quantitative estimate of drug-likeness (QED) is 0.645. The van der Waals surface area contributed by atoms with Crippen molar-refractivity contribution in [3.8, 4) is 5.75 Å². The average Bonchev–Trinajstić information content (AvgIpc) is 2.60. The van der Waals surface area contributed by atoms with E-state index >= 15 is 0 Å². The summed E-state index contributed by atoms with van der Waals surface area (Å²) in [5, 5.41) is 1.09. The molecule has 130 valence electrons. The van der Waals surface area contributed by atoms with E-state index in [0.717, 1.165) is 16.3 Å². The largest absolute Gasteiger partial charge is 0.494 e. The molecular formula is C18H18ClN3O2S. The second kappa shape index (κ2) is 7.80. The van der Waals surface area contributed by atoms with Crippen LogP contribution < -0.4 is 15.7 Å². The zero-order chi connectivity index (χ0) is 17.8. The molecule has 2 aromatic carbocycles. The zero-order valence-electron chi connectivity index (χ0n) is 14.0. The van der Waals surface area contributed by atoms with E-state index in [1.165, 1.54) is 11.0 Å². The maximum Gasteiger partial charge on any atom is 0.280 e. The van der Waals surface area contributed by atoms with Crippen LogP contribution in [-0.4, -0.2) is 22.0 Å². The van der Waals surface area contributed by atoms with Crippen molar-refractivity contribution in [1.82, 2.24) is 9.66 Å². The molecule has 0 radical (unpaired) electrons. The molecular weight excluding hydrogens is 358 g/mol. The number of aromatic nitrogens is 2. The lowest BCUT2D eigenvalue weighted by Gasteiger charge is -2.14. The molecule has 0 bridgehead atoms. The van der Waals surface area contributed by atoms with Crippen LogP contribution in [0.25, 0.3) is 10.9 Å². The van der Waals surface area contributed by atoms with Gasteiger partial charge in [-0.05, 0) is 49.1 Å². The second-order valence-corrected chi connectivity index (χ2v) is 6.96. The lowest BCUT2D eigenvalue weighted by atomic mass is 10.2. The molecule has 1 N–H and O–H groups in total. The Bertz CT molecular complexity index is 959. The number of thioether (sulfide) groups is 1. The Balaban J connectivity index is 2.03. The van der Waals surface area contributed by atoms with Gasteiger partial charge in [0.15, 0.2) is 0 Å². The average molecular weight is 376 g/mol. The van der Waals surface area contributed by atoms with Gasteiger partial charge in [-0.2, -0.15) is 0 Å². The first-order valence-corrected chi connectivity index (χ1v) is 9.32.